The summed E-state index contributed by atoms with van der Waals surface area (Å²) in [6.07, 6.45) is 0. The highest BCUT2D eigenvalue weighted by atomic mass is 15.2. The zero-order valence-corrected chi connectivity index (χ0v) is 26.7. The van der Waals surface area contributed by atoms with E-state index in [4.69, 9.17) is 15.0 Å². The van der Waals surface area contributed by atoms with Gasteiger partial charge in [0, 0.05) is 21.9 Å². The minimum atomic E-state index is 0.319. The molecule has 2 heterocycles. The van der Waals surface area contributed by atoms with Gasteiger partial charge in [-0.05, 0) is 58.1 Å². The molecule has 0 aliphatic carbocycles. The molecule has 0 bridgehead atoms. The van der Waals surface area contributed by atoms with Crippen LogP contribution in [0.5, 0.6) is 0 Å². The highest BCUT2D eigenvalue weighted by molar-refractivity contribution is 6.09. The number of benzene rings is 4. The number of rotatable bonds is 7. The quantitative estimate of drug-likeness (QED) is 0.193. The first-order chi connectivity index (χ1) is 20.7. The van der Waals surface area contributed by atoms with Gasteiger partial charge >= 0.3 is 0 Å². The summed E-state index contributed by atoms with van der Waals surface area (Å²) in [5.74, 6) is 3.41. The summed E-state index contributed by atoms with van der Waals surface area (Å²) < 4.78 is 2.22. The molecular weight excluding hydrogens is 524 g/mol. The Kier molecular flexibility index (Phi) is 7.64. The normalized spacial score (nSPS) is 12.1. The lowest BCUT2D eigenvalue weighted by Gasteiger charge is -2.22. The second-order valence-electron chi connectivity index (χ2n) is 12.9. The van der Waals surface area contributed by atoms with Crippen LogP contribution in [-0.4, -0.2) is 19.5 Å². The van der Waals surface area contributed by atoms with Crippen LogP contribution in [0.25, 0.3) is 50.5 Å². The van der Waals surface area contributed by atoms with Crippen LogP contribution < -0.4 is 0 Å². The van der Waals surface area contributed by atoms with Crippen LogP contribution in [0, 0.1) is 0 Å². The number of aromatic nitrogens is 4. The van der Waals surface area contributed by atoms with Crippen molar-refractivity contribution in [2.24, 2.45) is 0 Å². The molecule has 0 amide bonds. The van der Waals surface area contributed by atoms with E-state index in [1.165, 1.54) is 33.0 Å². The van der Waals surface area contributed by atoms with E-state index in [0.717, 1.165) is 33.8 Å². The maximum atomic E-state index is 5.38. The molecule has 4 heteroatoms. The van der Waals surface area contributed by atoms with Gasteiger partial charge in [0.2, 0.25) is 5.95 Å². The SMILES string of the molecule is CC(C)c1cccc(C(C)C)c1-c1nc(-c2c(C(C)C)cccc2C(C)C)nc(-n2c3ccccc3c3ccccc32)n1. The highest BCUT2D eigenvalue weighted by Crippen LogP contribution is 2.39. The molecule has 218 valence electrons. The van der Waals surface area contributed by atoms with Gasteiger partial charge in [-0.2, -0.15) is 9.97 Å². The topological polar surface area (TPSA) is 43.6 Å². The summed E-state index contributed by atoms with van der Waals surface area (Å²) in [6.45, 7) is 18.0. The predicted molar refractivity (Wildman–Crippen MR) is 181 cm³/mol. The van der Waals surface area contributed by atoms with E-state index in [1.807, 2.05) is 0 Å². The fourth-order valence-corrected chi connectivity index (χ4v) is 6.44. The molecular formula is C39H42N4. The Balaban J connectivity index is 1.78. The molecule has 0 aliphatic heterocycles. The number of fused-ring (bicyclic) bond motifs is 3. The Morgan fingerprint density at radius 1 is 0.419 bits per heavy atom. The minimum absolute atomic E-state index is 0.319. The van der Waals surface area contributed by atoms with E-state index in [0.29, 0.717) is 29.6 Å². The lowest BCUT2D eigenvalue weighted by molar-refractivity contribution is 0.824. The molecule has 0 aliphatic rings. The van der Waals surface area contributed by atoms with Crippen molar-refractivity contribution in [2.45, 2.75) is 79.1 Å². The van der Waals surface area contributed by atoms with Crippen molar-refractivity contribution in [1.29, 1.82) is 0 Å². The molecule has 0 unspecified atom stereocenters. The molecule has 2 aromatic heterocycles. The Bertz CT molecular complexity index is 1750. The van der Waals surface area contributed by atoms with Crippen molar-refractivity contribution in [2.75, 3.05) is 0 Å². The molecule has 4 nitrogen and oxygen atoms in total. The summed E-state index contributed by atoms with van der Waals surface area (Å²) in [4.78, 5) is 16.1. The van der Waals surface area contributed by atoms with Crippen molar-refractivity contribution in [3.05, 3.63) is 107 Å². The fraction of sp³-hybridized carbons (Fsp3) is 0.308. The number of hydrogen-bond acceptors (Lipinski definition) is 3. The van der Waals surface area contributed by atoms with Gasteiger partial charge in [0.05, 0.1) is 11.0 Å². The average Bonchev–Trinajstić information content (AvgIpc) is 3.34. The van der Waals surface area contributed by atoms with Gasteiger partial charge in [-0.25, -0.2) is 4.98 Å². The van der Waals surface area contributed by atoms with Crippen molar-refractivity contribution in [3.63, 3.8) is 0 Å². The van der Waals surface area contributed by atoms with Crippen molar-refractivity contribution < 1.29 is 0 Å². The largest absolute Gasteiger partial charge is 0.278 e. The first-order valence-corrected chi connectivity index (χ1v) is 15.7. The third kappa shape index (κ3) is 5.03. The summed E-state index contributed by atoms with van der Waals surface area (Å²) in [5, 5.41) is 2.38. The summed E-state index contributed by atoms with van der Waals surface area (Å²) in [7, 11) is 0. The van der Waals surface area contributed by atoms with Gasteiger partial charge in [-0.3, -0.25) is 4.57 Å². The van der Waals surface area contributed by atoms with Crippen molar-refractivity contribution in [1.82, 2.24) is 19.5 Å². The van der Waals surface area contributed by atoms with Gasteiger partial charge < -0.3 is 0 Å². The van der Waals surface area contributed by atoms with Crippen LogP contribution >= 0.6 is 0 Å². The third-order valence-corrected chi connectivity index (χ3v) is 8.60. The zero-order chi connectivity index (χ0) is 30.4. The Hall–Kier alpha value is -4.31. The van der Waals surface area contributed by atoms with Gasteiger partial charge in [0.1, 0.15) is 0 Å². The average molecular weight is 567 g/mol. The van der Waals surface area contributed by atoms with Crippen molar-refractivity contribution >= 4 is 21.8 Å². The van der Waals surface area contributed by atoms with Crippen LogP contribution in [0.2, 0.25) is 0 Å². The second kappa shape index (κ2) is 11.4. The lowest BCUT2D eigenvalue weighted by Crippen LogP contribution is -2.11. The molecule has 0 fully saturated rings. The zero-order valence-electron chi connectivity index (χ0n) is 26.7. The van der Waals surface area contributed by atoms with Crippen LogP contribution in [-0.2, 0) is 0 Å². The Morgan fingerprint density at radius 2 is 0.767 bits per heavy atom. The first kappa shape index (κ1) is 28.8. The standard InChI is InChI=1S/C39H42N4/c1-23(2)27-17-13-18-28(24(3)4)35(27)37-40-38(36-29(25(5)6)19-14-20-30(36)26(7)8)42-39(41-37)43-33-21-11-9-15-31(33)32-16-10-12-22-34(32)43/h9-26H,1-8H3. The van der Waals surface area contributed by atoms with Gasteiger partial charge in [0.25, 0.3) is 0 Å². The lowest BCUT2D eigenvalue weighted by atomic mass is 9.87. The molecule has 43 heavy (non-hydrogen) atoms. The predicted octanol–water partition coefficient (Wildman–Crippen LogP) is 10.8. The van der Waals surface area contributed by atoms with Gasteiger partial charge in [0.15, 0.2) is 11.6 Å². The minimum Gasteiger partial charge on any atom is -0.278 e. The van der Waals surface area contributed by atoms with Crippen LogP contribution in [0.4, 0.5) is 0 Å². The summed E-state index contributed by atoms with van der Waals surface area (Å²) in [5.41, 5.74) is 9.49. The Morgan fingerprint density at radius 3 is 1.12 bits per heavy atom. The molecule has 0 N–H and O–H groups in total. The first-order valence-electron chi connectivity index (χ1n) is 15.7. The molecule has 0 saturated carbocycles. The van der Waals surface area contributed by atoms with Gasteiger partial charge in [-0.1, -0.05) is 128 Å². The number of para-hydroxylation sites is 2. The fourth-order valence-electron chi connectivity index (χ4n) is 6.44. The Labute approximate surface area is 255 Å². The van der Waals surface area contributed by atoms with E-state index in [1.54, 1.807) is 0 Å². The van der Waals surface area contributed by atoms with Crippen LogP contribution in [0.1, 0.15) is 101 Å². The molecule has 0 atom stereocenters. The van der Waals surface area contributed by atoms with E-state index in [2.05, 4.69) is 145 Å². The maximum Gasteiger partial charge on any atom is 0.238 e. The molecule has 0 radical (unpaired) electrons. The molecule has 6 rings (SSSR count). The molecule has 0 saturated heterocycles. The van der Waals surface area contributed by atoms with E-state index in [-0.39, 0.29) is 0 Å². The number of nitrogens with zero attached hydrogens (tertiary/aromatic N) is 4. The monoisotopic (exact) mass is 566 g/mol. The molecule has 0 spiro atoms. The molecule has 6 aromatic rings. The number of hydrogen-bond donors (Lipinski definition) is 0. The third-order valence-electron chi connectivity index (χ3n) is 8.60. The van der Waals surface area contributed by atoms with E-state index in [9.17, 15) is 0 Å². The summed E-state index contributed by atoms with van der Waals surface area (Å²) >= 11 is 0. The van der Waals surface area contributed by atoms with Crippen LogP contribution in [0.15, 0.2) is 84.9 Å². The van der Waals surface area contributed by atoms with Gasteiger partial charge in [-0.15, -0.1) is 0 Å². The molecule has 4 aromatic carbocycles. The second-order valence-corrected chi connectivity index (χ2v) is 12.9. The smallest absolute Gasteiger partial charge is 0.238 e. The van der Waals surface area contributed by atoms with Crippen LogP contribution in [0.3, 0.4) is 0 Å². The van der Waals surface area contributed by atoms with Crippen molar-refractivity contribution in [3.8, 4) is 28.7 Å². The van der Waals surface area contributed by atoms with E-state index >= 15 is 0 Å². The van der Waals surface area contributed by atoms with E-state index < -0.39 is 0 Å². The summed E-state index contributed by atoms with van der Waals surface area (Å²) in [6, 6.07) is 30.4. The highest BCUT2D eigenvalue weighted by Gasteiger charge is 2.25. The maximum absolute atomic E-state index is 5.38.